The van der Waals surface area contributed by atoms with Crippen LogP contribution in [-0.2, 0) is 0 Å². The summed E-state index contributed by atoms with van der Waals surface area (Å²) in [6, 6.07) is 3.79. The second-order valence-corrected chi connectivity index (χ2v) is 2.39. The van der Waals surface area contributed by atoms with Crippen LogP contribution in [0.4, 0.5) is 0 Å². The molecular formula is C9H9NO2. The Labute approximate surface area is 70.0 Å². The number of ether oxygens (including phenoxy) is 1. The van der Waals surface area contributed by atoms with Crippen molar-refractivity contribution in [1.82, 2.24) is 4.98 Å². The monoisotopic (exact) mass is 163 g/mol. The fourth-order valence-corrected chi connectivity index (χ4v) is 1.11. The molecule has 0 aliphatic carbocycles. The minimum atomic E-state index is 0.626. The summed E-state index contributed by atoms with van der Waals surface area (Å²) in [5.74, 6) is 0.764. The molecule has 0 aromatic carbocycles. The molecule has 0 amide bonds. The van der Waals surface area contributed by atoms with Crippen molar-refractivity contribution in [2.45, 2.75) is 6.92 Å². The van der Waals surface area contributed by atoms with Gasteiger partial charge in [-0.05, 0) is 19.1 Å². The highest BCUT2D eigenvalue weighted by Gasteiger charge is 2.05. The molecule has 0 N–H and O–H groups in total. The van der Waals surface area contributed by atoms with Gasteiger partial charge >= 0.3 is 0 Å². The Balaban J connectivity index is 2.55. The summed E-state index contributed by atoms with van der Waals surface area (Å²) in [4.78, 5) is 4.04. The van der Waals surface area contributed by atoms with E-state index in [9.17, 15) is 0 Å². The molecule has 12 heavy (non-hydrogen) atoms. The lowest BCUT2D eigenvalue weighted by atomic mass is 10.3. The van der Waals surface area contributed by atoms with Gasteiger partial charge in [-0.15, -0.1) is 0 Å². The maximum absolute atomic E-state index is 5.33. The molecule has 62 valence electrons. The van der Waals surface area contributed by atoms with E-state index in [2.05, 4.69) is 4.98 Å². The second kappa shape index (κ2) is 2.85. The van der Waals surface area contributed by atoms with Crippen molar-refractivity contribution in [3.8, 4) is 5.75 Å². The zero-order valence-corrected chi connectivity index (χ0v) is 6.78. The Morgan fingerprint density at radius 3 is 3.33 bits per heavy atom. The molecular weight excluding hydrogens is 154 g/mol. The Bertz CT molecular complexity index is 381. The van der Waals surface area contributed by atoms with Crippen molar-refractivity contribution in [2.75, 3.05) is 6.61 Å². The highest BCUT2D eigenvalue weighted by Crippen LogP contribution is 2.25. The van der Waals surface area contributed by atoms with Gasteiger partial charge in [0.2, 0.25) is 5.71 Å². The number of nitrogens with zero attached hydrogens (tertiary/aromatic N) is 1. The largest absolute Gasteiger partial charge is 0.490 e. The molecule has 2 aromatic rings. The first-order chi connectivity index (χ1) is 5.92. The molecule has 0 unspecified atom stereocenters. The lowest BCUT2D eigenvalue weighted by Gasteiger charge is -1.96. The lowest BCUT2D eigenvalue weighted by Crippen LogP contribution is -1.89. The van der Waals surface area contributed by atoms with E-state index in [1.165, 1.54) is 0 Å². The molecule has 0 atom stereocenters. The standard InChI is InChI=1S/C9H9NO2/c1-2-11-8-6-12-9-7(8)4-3-5-10-9/h3-6H,2H2,1H3. The van der Waals surface area contributed by atoms with E-state index in [0.29, 0.717) is 12.3 Å². The summed E-state index contributed by atoms with van der Waals surface area (Å²) in [7, 11) is 0. The molecule has 2 heterocycles. The zero-order chi connectivity index (χ0) is 8.39. The highest BCUT2D eigenvalue weighted by atomic mass is 16.5. The Morgan fingerprint density at radius 2 is 2.50 bits per heavy atom. The van der Waals surface area contributed by atoms with Gasteiger partial charge in [-0.3, -0.25) is 0 Å². The zero-order valence-electron chi connectivity index (χ0n) is 6.78. The quantitative estimate of drug-likeness (QED) is 0.680. The molecule has 0 aliphatic heterocycles. The van der Waals surface area contributed by atoms with Crippen LogP contribution in [0.1, 0.15) is 6.92 Å². The molecule has 3 heteroatoms. The van der Waals surface area contributed by atoms with Gasteiger partial charge in [-0.25, -0.2) is 4.98 Å². The van der Waals surface area contributed by atoms with E-state index in [1.807, 2.05) is 19.1 Å². The maximum atomic E-state index is 5.33. The van der Waals surface area contributed by atoms with E-state index in [4.69, 9.17) is 9.15 Å². The van der Waals surface area contributed by atoms with Gasteiger partial charge in [0.15, 0.2) is 5.75 Å². The number of fused-ring (bicyclic) bond motifs is 1. The van der Waals surface area contributed by atoms with Gasteiger partial charge in [0.05, 0.1) is 12.0 Å². The molecule has 2 rings (SSSR count). The van der Waals surface area contributed by atoms with Crippen molar-refractivity contribution >= 4 is 11.1 Å². The second-order valence-electron chi connectivity index (χ2n) is 2.39. The van der Waals surface area contributed by atoms with Crippen LogP contribution in [-0.4, -0.2) is 11.6 Å². The summed E-state index contributed by atoms with van der Waals surface area (Å²) < 4.78 is 10.5. The average molecular weight is 163 g/mol. The van der Waals surface area contributed by atoms with Crippen LogP contribution in [0, 0.1) is 0 Å². The minimum absolute atomic E-state index is 0.626. The average Bonchev–Trinajstić information content (AvgIpc) is 2.50. The summed E-state index contributed by atoms with van der Waals surface area (Å²) in [6.45, 7) is 2.58. The molecule has 0 saturated carbocycles. The fourth-order valence-electron chi connectivity index (χ4n) is 1.11. The van der Waals surface area contributed by atoms with Gasteiger partial charge in [-0.1, -0.05) is 0 Å². The summed E-state index contributed by atoms with van der Waals surface area (Å²) in [5, 5.41) is 0.930. The van der Waals surface area contributed by atoms with Gasteiger partial charge in [0.1, 0.15) is 6.26 Å². The van der Waals surface area contributed by atoms with E-state index in [0.717, 1.165) is 11.1 Å². The van der Waals surface area contributed by atoms with Gasteiger partial charge < -0.3 is 9.15 Å². The third-order valence-electron chi connectivity index (χ3n) is 1.61. The molecule has 2 aromatic heterocycles. The van der Waals surface area contributed by atoms with Crippen molar-refractivity contribution in [2.24, 2.45) is 0 Å². The van der Waals surface area contributed by atoms with Crippen LogP contribution in [0.2, 0.25) is 0 Å². The predicted molar refractivity (Wildman–Crippen MR) is 45.2 cm³/mol. The van der Waals surface area contributed by atoms with Gasteiger partial charge in [-0.2, -0.15) is 0 Å². The summed E-state index contributed by atoms with van der Waals surface area (Å²) in [6.07, 6.45) is 3.28. The number of furan rings is 1. The van der Waals surface area contributed by atoms with Crippen LogP contribution >= 0.6 is 0 Å². The summed E-state index contributed by atoms with van der Waals surface area (Å²) in [5.41, 5.74) is 0.626. The van der Waals surface area contributed by atoms with E-state index in [-0.39, 0.29) is 0 Å². The van der Waals surface area contributed by atoms with Crippen molar-refractivity contribution in [1.29, 1.82) is 0 Å². The highest BCUT2D eigenvalue weighted by molar-refractivity contribution is 5.80. The van der Waals surface area contributed by atoms with Gasteiger partial charge in [0.25, 0.3) is 0 Å². The first-order valence-corrected chi connectivity index (χ1v) is 3.87. The molecule has 0 spiro atoms. The maximum Gasteiger partial charge on any atom is 0.229 e. The fraction of sp³-hybridized carbons (Fsp3) is 0.222. The van der Waals surface area contributed by atoms with E-state index in [1.54, 1.807) is 12.5 Å². The van der Waals surface area contributed by atoms with Crippen LogP contribution < -0.4 is 4.74 Å². The number of hydrogen-bond donors (Lipinski definition) is 0. The minimum Gasteiger partial charge on any atom is -0.490 e. The molecule has 0 saturated heterocycles. The molecule has 0 aliphatic rings. The number of hydrogen-bond acceptors (Lipinski definition) is 3. The van der Waals surface area contributed by atoms with Crippen molar-refractivity contribution in [3.05, 3.63) is 24.6 Å². The van der Waals surface area contributed by atoms with Gasteiger partial charge in [0, 0.05) is 6.20 Å². The van der Waals surface area contributed by atoms with E-state index >= 15 is 0 Å². The third kappa shape index (κ3) is 1.03. The molecule has 0 radical (unpaired) electrons. The normalized spacial score (nSPS) is 10.4. The Hall–Kier alpha value is -1.51. The molecule has 0 fully saturated rings. The Kier molecular flexibility index (Phi) is 1.70. The first-order valence-electron chi connectivity index (χ1n) is 3.87. The van der Waals surface area contributed by atoms with Crippen LogP contribution in [0.25, 0.3) is 11.1 Å². The van der Waals surface area contributed by atoms with Crippen molar-refractivity contribution < 1.29 is 9.15 Å². The smallest absolute Gasteiger partial charge is 0.229 e. The number of aromatic nitrogens is 1. The Morgan fingerprint density at radius 1 is 1.58 bits per heavy atom. The SMILES string of the molecule is CCOc1coc2ncccc12. The predicted octanol–water partition coefficient (Wildman–Crippen LogP) is 2.23. The number of pyridine rings is 1. The van der Waals surface area contributed by atoms with Crippen LogP contribution in [0.3, 0.4) is 0 Å². The first kappa shape index (κ1) is 7.16. The number of rotatable bonds is 2. The summed E-state index contributed by atoms with van der Waals surface area (Å²) >= 11 is 0. The third-order valence-corrected chi connectivity index (χ3v) is 1.61. The van der Waals surface area contributed by atoms with Crippen LogP contribution in [0.5, 0.6) is 5.75 Å². The molecule has 0 bridgehead atoms. The topological polar surface area (TPSA) is 35.3 Å². The van der Waals surface area contributed by atoms with Crippen LogP contribution in [0.15, 0.2) is 29.0 Å². The lowest BCUT2D eigenvalue weighted by molar-refractivity contribution is 0.338. The molecule has 3 nitrogen and oxygen atoms in total. The van der Waals surface area contributed by atoms with E-state index < -0.39 is 0 Å². The van der Waals surface area contributed by atoms with Crippen molar-refractivity contribution in [3.63, 3.8) is 0 Å².